The molecule has 4 nitrogen and oxygen atoms in total. The van der Waals surface area contributed by atoms with Gasteiger partial charge in [0.1, 0.15) is 0 Å². The van der Waals surface area contributed by atoms with Gasteiger partial charge in [-0.2, -0.15) is 0 Å². The molecule has 106 valence electrons. The average molecular weight is 264 g/mol. The van der Waals surface area contributed by atoms with E-state index in [1.807, 2.05) is 12.1 Å². The maximum atomic E-state index is 6.31. The van der Waals surface area contributed by atoms with Crippen LogP contribution in [0.3, 0.4) is 0 Å². The third-order valence-corrected chi connectivity index (χ3v) is 3.81. The molecule has 0 radical (unpaired) electrons. The Morgan fingerprint density at radius 1 is 1.32 bits per heavy atom. The van der Waals surface area contributed by atoms with Crippen LogP contribution in [-0.4, -0.2) is 38.3 Å². The minimum absolute atomic E-state index is 0.160. The molecule has 1 aliphatic heterocycles. The second-order valence-electron chi connectivity index (χ2n) is 5.02. The Hall–Kier alpha value is -1.26. The summed E-state index contributed by atoms with van der Waals surface area (Å²) >= 11 is 0. The maximum absolute atomic E-state index is 6.31. The smallest absolute Gasteiger partial charge is 0.165 e. The summed E-state index contributed by atoms with van der Waals surface area (Å²) in [6, 6.07) is 6.41. The molecular formula is C15H24N2O2. The lowest BCUT2D eigenvalue weighted by atomic mass is 9.99. The van der Waals surface area contributed by atoms with Crippen LogP contribution in [-0.2, 0) is 0 Å². The third-order valence-electron chi connectivity index (χ3n) is 3.81. The highest BCUT2D eigenvalue weighted by molar-refractivity contribution is 5.48. The summed E-state index contributed by atoms with van der Waals surface area (Å²) in [5.41, 5.74) is 7.45. The number of methoxy groups -OCH3 is 2. The van der Waals surface area contributed by atoms with E-state index in [9.17, 15) is 0 Å². The first-order valence-electron chi connectivity index (χ1n) is 6.93. The van der Waals surface area contributed by atoms with E-state index < -0.39 is 0 Å². The molecule has 1 aromatic rings. The van der Waals surface area contributed by atoms with Crippen LogP contribution in [0.4, 0.5) is 0 Å². The van der Waals surface area contributed by atoms with Gasteiger partial charge in [-0.1, -0.05) is 19.1 Å². The average Bonchev–Trinajstić information content (AvgIpc) is 2.79. The Bertz CT molecular complexity index is 421. The standard InChI is InChI=1S/C15H24N2O2/c1-4-9-17-10-8-12(16)14(17)11-6-5-7-13(18-2)15(11)19-3/h5-7,12,14H,4,8-10,16H2,1-3H3. The number of para-hydroxylation sites is 1. The molecule has 2 atom stereocenters. The zero-order valence-electron chi connectivity index (χ0n) is 12.1. The van der Waals surface area contributed by atoms with E-state index in [4.69, 9.17) is 15.2 Å². The van der Waals surface area contributed by atoms with Crippen LogP contribution in [0, 0.1) is 0 Å². The number of rotatable bonds is 5. The van der Waals surface area contributed by atoms with Gasteiger partial charge in [-0.3, -0.25) is 4.90 Å². The van der Waals surface area contributed by atoms with Gasteiger partial charge in [0, 0.05) is 18.2 Å². The summed E-state index contributed by atoms with van der Waals surface area (Å²) in [6.45, 7) is 4.32. The number of likely N-dealkylation sites (tertiary alicyclic amines) is 1. The van der Waals surface area contributed by atoms with Gasteiger partial charge >= 0.3 is 0 Å². The van der Waals surface area contributed by atoms with Crippen molar-refractivity contribution in [3.63, 3.8) is 0 Å². The third kappa shape index (κ3) is 2.69. The van der Waals surface area contributed by atoms with E-state index in [1.165, 1.54) is 0 Å². The molecule has 2 rings (SSSR count). The number of nitrogens with two attached hydrogens (primary N) is 1. The maximum Gasteiger partial charge on any atom is 0.165 e. The first kappa shape index (κ1) is 14.2. The topological polar surface area (TPSA) is 47.7 Å². The fraction of sp³-hybridized carbons (Fsp3) is 0.600. The summed E-state index contributed by atoms with van der Waals surface area (Å²) in [7, 11) is 3.35. The lowest BCUT2D eigenvalue weighted by molar-refractivity contribution is 0.240. The minimum Gasteiger partial charge on any atom is -0.493 e. The van der Waals surface area contributed by atoms with Gasteiger partial charge in [-0.05, 0) is 25.5 Å². The van der Waals surface area contributed by atoms with Crippen molar-refractivity contribution in [3.8, 4) is 11.5 Å². The Labute approximate surface area is 115 Å². The number of ether oxygens (including phenoxy) is 2. The molecular weight excluding hydrogens is 240 g/mol. The van der Waals surface area contributed by atoms with Crippen LogP contribution >= 0.6 is 0 Å². The van der Waals surface area contributed by atoms with Crippen LogP contribution in [0.2, 0.25) is 0 Å². The van der Waals surface area contributed by atoms with E-state index in [1.54, 1.807) is 14.2 Å². The van der Waals surface area contributed by atoms with Crippen molar-refractivity contribution in [2.24, 2.45) is 5.73 Å². The zero-order valence-corrected chi connectivity index (χ0v) is 12.1. The molecule has 0 aliphatic carbocycles. The number of hydrogen-bond donors (Lipinski definition) is 1. The molecule has 0 saturated carbocycles. The van der Waals surface area contributed by atoms with E-state index in [-0.39, 0.29) is 12.1 Å². The van der Waals surface area contributed by atoms with Crippen LogP contribution < -0.4 is 15.2 Å². The van der Waals surface area contributed by atoms with Crippen molar-refractivity contribution in [3.05, 3.63) is 23.8 Å². The van der Waals surface area contributed by atoms with E-state index in [0.29, 0.717) is 0 Å². The Morgan fingerprint density at radius 2 is 2.11 bits per heavy atom. The van der Waals surface area contributed by atoms with Gasteiger partial charge in [-0.15, -0.1) is 0 Å². The van der Waals surface area contributed by atoms with Crippen LogP contribution in [0.25, 0.3) is 0 Å². The van der Waals surface area contributed by atoms with Gasteiger partial charge in [0.25, 0.3) is 0 Å². The van der Waals surface area contributed by atoms with Gasteiger partial charge in [0.2, 0.25) is 0 Å². The summed E-state index contributed by atoms with van der Waals surface area (Å²) in [4.78, 5) is 2.45. The van der Waals surface area contributed by atoms with Gasteiger partial charge in [-0.25, -0.2) is 0 Å². The molecule has 0 bridgehead atoms. The molecule has 4 heteroatoms. The Morgan fingerprint density at radius 3 is 2.74 bits per heavy atom. The molecule has 1 heterocycles. The first-order valence-corrected chi connectivity index (χ1v) is 6.93. The molecule has 0 spiro atoms. The van der Waals surface area contributed by atoms with Crippen molar-refractivity contribution in [1.29, 1.82) is 0 Å². The quantitative estimate of drug-likeness (QED) is 0.885. The highest BCUT2D eigenvalue weighted by Crippen LogP contribution is 2.40. The van der Waals surface area contributed by atoms with Crippen LogP contribution in [0.5, 0.6) is 11.5 Å². The van der Waals surface area contributed by atoms with Crippen LogP contribution in [0.15, 0.2) is 18.2 Å². The predicted molar refractivity (Wildman–Crippen MR) is 76.7 cm³/mol. The number of nitrogens with zero attached hydrogens (tertiary/aromatic N) is 1. The van der Waals surface area contributed by atoms with Crippen molar-refractivity contribution in [2.45, 2.75) is 31.8 Å². The summed E-state index contributed by atoms with van der Waals surface area (Å²) in [5.74, 6) is 1.59. The van der Waals surface area contributed by atoms with E-state index >= 15 is 0 Å². The molecule has 1 aliphatic rings. The molecule has 1 saturated heterocycles. The van der Waals surface area contributed by atoms with Crippen molar-refractivity contribution >= 4 is 0 Å². The van der Waals surface area contributed by atoms with Crippen molar-refractivity contribution in [2.75, 3.05) is 27.3 Å². The fourth-order valence-electron chi connectivity index (χ4n) is 2.99. The SMILES string of the molecule is CCCN1CCC(N)C1c1cccc(OC)c1OC. The van der Waals surface area contributed by atoms with E-state index in [2.05, 4.69) is 17.9 Å². The monoisotopic (exact) mass is 264 g/mol. The highest BCUT2D eigenvalue weighted by Gasteiger charge is 2.34. The van der Waals surface area contributed by atoms with Crippen molar-refractivity contribution in [1.82, 2.24) is 4.90 Å². The van der Waals surface area contributed by atoms with Crippen molar-refractivity contribution < 1.29 is 9.47 Å². The molecule has 1 fully saturated rings. The van der Waals surface area contributed by atoms with Gasteiger partial charge < -0.3 is 15.2 Å². The lowest BCUT2D eigenvalue weighted by Gasteiger charge is -2.28. The minimum atomic E-state index is 0.160. The molecule has 0 aromatic heterocycles. The molecule has 19 heavy (non-hydrogen) atoms. The number of hydrogen-bond acceptors (Lipinski definition) is 4. The van der Waals surface area contributed by atoms with Gasteiger partial charge in [0.15, 0.2) is 11.5 Å². The lowest BCUT2D eigenvalue weighted by Crippen LogP contribution is -2.32. The molecule has 2 unspecified atom stereocenters. The second-order valence-corrected chi connectivity index (χ2v) is 5.02. The van der Waals surface area contributed by atoms with Gasteiger partial charge in [0.05, 0.1) is 20.3 Å². The number of benzene rings is 1. The molecule has 0 amide bonds. The molecule has 1 aromatic carbocycles. The summed E-state index contributed by atoms with van der Waals surface area (Å²) in [5, 5.41) is 0. The largest absolute Gasteiger partial charge is 0.493 e. The molecule has 2 N–H and O–H groups in total. The predicted octanol–water partition coefficient (Wildman–Crippen LogP) is 2.19. The first-order chi connectivity index (χ1) is 9.22. The highest BCUT2D eigenvalue weighted by atomic mass is 16.5. The second kappa shape index (κ2) is 6.26. The normalized spacial score (nSPS) is 23.6. The fourth-order valence-corrected chi connectivity index (χ4v) is 2.99. The summed E-state index contributed by atoms with van der Waals surface area (Å²) < 4.78 is 10.9. The van der Waals surface area contributed by atoms with E-state index in [0.717, 1.165) is 43.0 Å². The Balaban J connectivity index is 2.38. The Kier molecular flexibility index (Phi) is 4.66. The summed E-state index contributed by atoms with van der Waals surface area (Å²) in [6.07, 6.45) is 2.17. The van der Waals surface area contributed by atoms with Crippen LogP contribution in [0.1, 0.15) is 31.4 Å². The zero-order chi connectivity index (χ0) is 13.8.